The number of nitrogens with zero attached hydrogens (tertiary/aromatic N) is 1. The number of aromatic nitrogens is 1. The van der Waals surface area contributed by atoms with E-state index >= 15 is 0 Å². The maximum Gasteiger partial charge on any atom is 0.191 e. The quantitative estimate of drug-likeness (QED) is 0.461. The van der Waals surface area contributed by atoms with Gasteiger partial charge in [-0.05, 0) is 43.0 Å². The molecule has 0 atom stereocenters. The van der Waals surface area contributed by atoms with Crippen LogP contribution in [0.1, 0.15) is 18.4 Å². The highest BCUT2D eigenvalue weighted by molar-refractivity contribution is 6.31. The smallest absolute Gasteiger partial charge is 0.191 e. The number of aliphatic imine (C=N–C) groups is 1. The SMILES string of the molecule is CN=C(NCCc1c[nH]c2ccc(Cl)cc12)NC1CC=CC1. The number of fused-ring (bicyclic) bond motifs is 1. The van der Waals surface area contributed by atoms with Gasteiger partial charge < -0.3 is 15.6 Å². The predicted octanol–water partition coefficient (Wildman–Crippen LogP) is 3.25. The fourth-order valence-electron chi connectivity index (χ4n) is 2.80. The first-order valence-corrected chi connectivity index (χ1v) is 8.02. The van der Waals surface area contributed by atoms with Crippen molar-refractivity contribution in [1.82, 2.24) is 15.6 Å². The molecule has 0 aliphatic heterocycles. The lowest BCUT2D eigenvalue weighted by Gasteiger charge is -2.16. The second kappa shape index (κ2) is 6.88. The highest BCUT2D eigenvalue weighted by Crippen LogP contribution is 2.22. The third-order valence-electron chi connectivity index (χ3n) is 3.99. The summed E-state index contributed by atoms with van der Waals surface area (Å²) in [6, 6.07) is 6.41. The Kier molecular flexibility index (Phi) is 4.68. The Balaban J connectivity index is 1.56. The molecule has 1 aliphatic rings. The van der Waals surface area contributed by atoms with Crippen molar-refractivity contribution in [2.24, 2.45) is 4.99 Å². The number of benzene rings is 1. The molecular weight excluding hydrogens is 296 g/mol. The summed E-state index contributed by atoms with van der Waals surface area (Å²) in [4.78, 5) is 7.57. The maximum absolute atomic E-state index is 6.09. The summed E-state index contributed by atoms with van der Waals surface area (Å²) >= 11 is 6.09. The number of aromatic amines is 1. The third-order valence-corrected chi connectivity index (χ3v) is 4.22. The molecule has 0 amide bonds. The normalized spacial score (nSPS) is 15.6. The topological polar surface area (TPSA) is 52.2 Å². The van der Waals surface area contributed by atoms with E-state index in [-0.39, 0.29) is 0 Å². The van der Waals surface area contributed by atoms with Gasteiger partial charge in [0.05, 0.1) is 0 Å². The molecule has 22 heavy (non-hydrogen) atoms. The fourth-order valence-corrected chi connectivity index (χ4v) is 2.97. The summed E-state index contributed by atoms with van der Waals surface area (Å²) in [5.41, 5.74) is 2.39. The minimum atomic E-state index is 0.470. The van der Waals surface area contributed by atoms with Gasteiger partial charge in [-0.25, -0.2) is 0 Å². The summed E-state index contributed by atoms with van der Waals surface area (Å²) in [5, 5.41) is 8.78. The Morgan fingerprint density at radius 1 is 1.36 bits per heavy atom. The van der Waals surface area contributed by atoms with E-state index in [1.165, 1.54) is 10.9 Å². The van der Waals surface area contributed by atoms with Crippen LogP contribution < -0.4 is 10.6 Å². The van der Waals surface area contributed by atoms with Gasteiger partial charge in [0.1, 0.15) is 0 Å². The van der Waals surface area contributed by atoms with Crippen molar-refractivity contribution in [1.29, 1.82) is 0 Å². The van der Waals surface area contributed by atoms with Gasteiger partial charge in [0, 0.05) is 41.8 Å². The first-order valence-electron chi connectivity index (χ1n) is 7.64. The van der Waals surface area contributed by atoms with Crippen molar-refractivity contribution in [2.45, 2.75) is 25.3 Å². The zero-order valence-electron chi connectivity index (χ0n) is 12.7. The first-order chi connectivity index (χ1) is 10.8. The largest absolute Gasteiger partial charge is 0.361 e. The van der Waals surface area contributed by atoms with E-state index < -0.39 is 0 Å². The van der Waals surface area contributed by atoms with Crippen molar-refractivity contribution in [3.05, 3.63) is 47.1 Å². The lowest BCUT2D eigenvalue weighted by atomic mass is 10.1. The van der Waals surface area contributed by atoms with Crippen LogP contribution in [-0.2, 0) is 6.42 Å². The van der Waals surface area contributed by atoms with Gasteiger partial charge in [-0.15, -0.1) is 0 Å². The summed E-state index contributed by atoms with van der Waals surface area (Å²) < 4.78 is 0. The molecule has 0 spiro atoms. The Morgan fingerprint density at radius 2 is 2.18 bits per heavy atom. The minimum absolute atomic E-state index is 0.470. The standard InChI is InChI=1S/C17H21ClN4/c1-19-17(22-14-4-2-3-5-14)20-9-8-12-11-21-16-7-6-13(18)10-15(12)16/h2-3,6-7,10-11,14,21H,4-5,8-9H2,1H3,(H2,19,20,22). The van der Waals surface area contributed by atoms with Crippen LogP contribution in [0.4, 0.5) is 0 Å². The minimum Gasteiger partial charge on any atom is -0.361 e. The molecule has 0 unspecified atom stereocenters. The molecule has 0 bridgehead atoms. The molecule has 2 aromatic rings. The Hall–Kier alpha value is -1.94. The summed E-state index contributed by atoms with van der Waals surface area (Å²) in [5.74, 6) is 0.867. The van der Waals surface area contributed by atoms with Crippen molar-refractivity contribution in [2.75, 3.05) is 13.6 Å². The molecule has 0 fully saturated rings. The molecular formula is C17H21ClN4. The number of halogens is 1. The van der Waals surface area contributed by atoms with Crippen LogP contribution in [0.2, 0.25) is 5.02 Å². The molecule has 1 aromatic carbocycles. The van der Waals surface area contributed by atoms with Gasteiger partial charge in [0.2, 0.25) is 0 Å². The van der Waals surface area contributed by atoms with Gasteiger partial charge in [-0.1, -0.05) is 23.8 Å². The highest BCUT2D eigenvalue weighted by atomic mass is 35.5. The zero-order chi connectivity index (χ0) is 15.4. The van der Waals surface area contributed by atoms with Crippen molar-refractivity contribution in [3.8, 4) is 0 Å². The van der Waals surface area contributed by atoms with E-state index in [1.807, 2.05) is 25.2 Å². The number of H-pyrrole nitrogens is 1. The van der Waals surface area contributed by atoms with E-state index in [2.05, 4.69) is 39.0 Å². The van der Waals surface area contributed by atoms with Gasteiger partial charge in [-0.2, -0.15) is 0 Å². The zero-order valence-corrected chi connectivity index (χ0v) is 13.5. The molecule has 5 heteroatoms. The van der Waals surface area contributed by atoms with Crippen LogP contribution in [0.3, 0.4) is 0 Å². The van der Waals surface area contributed by atoms with E-state index in [0.717, 1.165) is 42.3 Å². The average Bonchev–Trinajstić information content (AvgIpc) is 3.16. The van der Waals surface area contributed by atoms with Crippen LogP contribution in [-0.4, -0.2) is 30.6 Å². The molecule has 3 rings (SSSR count). The predicted molar refractivity (Wildman–Crippen MR) is 93.7 cm³/mol. The van der Waals surface area contributed by atoms with Crippen molar-refractivity contribution < 1.29 is 0 Å². The van der Waals surface area contributed by atoms with E-state index in [1.54, 1.807) is 0 Å². The first kappa shape index (κ1) is 15.0. The van der Waals surface area contributed by atoms with E-state index in [0.29, 0.717) is 6.04 Å². The lowest BCUT2D eigenvalue weighted by molar-refractivity contribution is 0.633. The Labute approximate surface area is 135 Å². The van der Waals surface area contributed by atoms with Gasteiger partial charge in [0.15, 0.2) is 5.96 Å². The Bertz CT molecular complexity index is 694. The van der Waals surface area contributed by atoms with Gasteiger partial charge in [-0.3, -0.25) is 4.99 Å². The van der Waals surface area contributed by atoms with Gasteiger partial charge >= 0.3 is 0 Å². The number of hydrogen-bond donors (Lipinski definition) is 3. The van der Waals surface area contributed by atoms with Gasteiger partial charge in [0.25, 0.3) is 0 Å². The summed E-state index contributed by atoms with van der Waals surface area (Å²) in [7, 11) is 1.81. The average molecular weight is 317 g/mol. The van der Waals surface area contributed by atoms with Crippen molar-refractivity contribution >= 4 is 28.5 Å². The number of rotatable bonds is 4. The number of guanidine groups is 1. The van der Waals surface area contributed by atoms with Crippen LogP contribution >= 0.6 is 11.6 Å². The summed E-state index contributed by atoms with van der Waals surface area (Å²) in [6.45, 7) is 0.833. The van der Waals surface area contributed by atoms with Crippen LogP contribution in [0.5, 0.6) is 0 Å². The molecule has 1 heterocycles. The highest BCUT2D eigenvalue weighted by Gasteiger charge is 2.11. The lowest BCUT2D eigenvalue weighted by Crippen LogP contribution is -2.43. The monoisotopic (exact) mass is 316 g/mol. The second-order valence-electron chi connectivity index (χ2n) is 5.54. The molecule has 3 N–H and O–H groups in total. The summed E-state index contributed by atoms with van der Waals surface area (Å²) in [6.07, 6.45) is 9.54. The number of nitrogens with one attached hydrogen (secondary N) is 3. The molecule has 116 valence electrons. The maximum atomic E-state index is 6.09. The van der Waals surface area contributed by atoms with Crippen LogP contribution in [0.25, 0.3) is 10.9 Å². The van der Waals surface area contributed by atoms with Crippen LogP contribution in [0.15, 0.2) is 41.5 Å². The third kappa shape index (κ3) is 3.45. The molecule has 1 aromatic heterocycles. The molecule has 1 aliphatic carbocycles. The molecule has 0 saturated heterocycles. The van der Waals surface area contributed by atoms with Crippen molar-refractivity contribution in [3.63, 3.8) is 0 Å². The van der Waals surface area contributed by atoms with E-state index in [9.17, 15) is 0 Å². The number of hydrogen-bond acceptors (Lipinski definition) is 1. The molecule has 0 saturated carbocycles. The fraction of sp³-hybridized carbons (Fsp3) is 0.353. The second-order valence-corrected chi connectivity index (χ2v) is 5.97. The molecule has 0 radical (unpaired) electrons. The molecule has 4 nitrogen and oxygen atoms in total. The van der Waals surface area contributed by atoms with Crippen LogP contribution in [0, 0.1) is 0 Å². The Morgan fingerprint density at radius 3 is 2.95 bits per heavy atom. The van der Waals surface area contributed by atoms with E-state index in [4.69, 9.17) is 11.6 Å².